The summed E-state index contributed by atoms with van der Waals surface area (Å²) in [5.41, 5.74) is 9.30. The number of anilines is 1. The monoisotopic (exact) mass is 281 g/mol. The number of pyridine rings is 1. The van der Waals surface area contributed by atoms with Gasteiger partial charge < -0.3 is 10.6 Å². The molecule has 1 aliphatic carbocycles. The summed E-state index contributed by atoms with van der Waals surface area (Å²) in [6.07, 6.45) is 5.48. The van der Waals surface area contributed by atoms with Crippen molar-refractivity contribution in [2.24, 2.45) is 5.73 Å². The first-order chi connectivity index (χ1) is 8.63. The Morgan fingerprint density at radius 3 is 3.00 bits per heavy atom. The first-order valence-corrected chi connectivity index (χ1v) is 7.96. The third kappa shape index (κ3) is 2.78. The van der Waals surface area contributed by atoms with Crippen LogP contribution in [0.15, 0.2) is 6.07 Å². The number of thiocarbonyl (C=S) groups is 1. The number of nitrogens with zero attached hydrogens (tertiary/aromatic N) is 2. The second-order valence-corrected chi connectivity index (χ2v) is 6.02. The second-order valence-electron chi connectivity index (χ2n) is 4.60. The SMILES string of the molecule is CSCCN(C)c1nc2c(cc1C(N)=S)CCC2. The minimum absolute atomic E-state index is 0.447. The largest absolute Gasteiger partial charge is 0.389 e. The van der Waals surface area contributed by atoms with E-state index >= 15 is 0 Å². The number of nitrogens with two attached hydrogens (primary N) is 1. The van der Waals surface area contributed by atoms with Crippen LogP contribution in [-0.4, -0.2) is 35.6 Å². The molecular formula is C13H19N3S2. The van der Waals surface area contributed by atoms with Crippen LogP contribution >= 0.6 is 24.0 Å². The van der Waals surface area contributed by atoms with Gasteiger partial charge in [-0.2, -0.15) is 11.8 Å². The zero-order valence-corrected chi connectivity index (χ0v) is 12.5. The first kappa shape index (κ1) is 13.6. The third-order valence-electron chi connectivity index (χ3n) is 3.29. The van der Waals surface area contributed by atoms with E-state index in [1.807, 2.05) is 11.8 Å². The second kappa shape index (κ2) is 5.89. The van der Waals surface area contributed by atoms with Crippen LogP contribution in [0.2, 0.25) is 0 Å². The minimum Gasteiger partial charge on any atom is -0.389 e. The number of thioether (sulfide) groups is 1. The van der Waals surface area contributed by atoms with Crippen molar-refractivity contribution in [2.75, 3.05) is 30.5 Å². The maximum absolute atomic E-state index is 5.83. The molecule has 3 nitrogen and oxygen atoms in total. The summed E-state index contributed by atoms with van der Waals surface area (Å²) in [5, 5.41) is 0. The molecule has 0 amide bonds. The zero-order valence-electron chi connectivity index (χ0n) is 10.9. The summed E-state index contributed by atoms with van der Waals surface area (Å²) in [5.74, 6) is 2.02. The van der Waals surface area contributed by atoms with E-state index in [0.717, 1.165) is 36.5 Å². The summed E-state index contributed by atoms with van der Waals surface area (Å²) >= 11 is 6.99. The van der Waals surface area contributed by atoms with Crippen molar-refractivity contribution in [1.82, 2.24) is 4.98 Å². The molecule has 2 N–H and O–H groups in total. The van der Waals surface area contributed by atoms with Crippen LogP contribution in [0.25, 0.3) is 0 Å². The van der Waals surface area contributed by atoms with Gasteiger partial charge in [0.1, 0.15) is 10.8 Å². The molecule has 1 aromatic heterocycles. The molecule has 2 rings (SSSR count). The fourth-order valence-electron chi connectivity index (χ4n) is 2.27. The van der Waals surface area contributed by atoms with E-state index < -0.39 is 0 Å². The van der Waals surface area contributed by atoms with E-state index in [1.165, 1.54) is 17.7 Å². The summed E-state index contributed by atoms with van der Waals surface area (Å²) < 4.78 is 0. The van der Waals surface area contributed by atoms with Crippen molar-refractivity contribution < 1.29 is 0 Å². The maximum Gasteiger partial charge on any atom is 0.138 e. The maximum atomic E-state index is 5.83. The standard InChI is InChI=1S/C13H19N3S2/c1-16(6-7-18-2)13-10(12(14)17)8-9-4-3-5-11(9)15-13/h8H,3-7H2,1-2H3,(H2,14,17). The fraction of sp³-hybridized carbons (Fsp3) is 0.538. The Balaban J connectivity index is 2.35. The number of aryl methyl sites for hydroxylation is 2. The molecule has 0 radical (unpaired) electrons. The molecule has 0 saturated heterocycles. The van der Waals surface area contributed by atoms with E-state index in [4.69, 9.17) is 22.9 Å². The molecule has 18 heavy (non-hydrogen) atoms. The van der Waals surface area contributed by atoms with Crippen molar-refractivity contribution >= 4 is 34.8 Å². The van der Waals surface area contributed by atoms with Gasteiger partial charge in [-0.1, -0.05) is 12.2 Å². The van der Waals surface area contributed by atoms with Crippen molar-refractivity contribution in [3.63, 3.8) is 0 Å². The lowest BCUT2D eigenvalue weighted by atomic mass is 10.1. The highest BCUT2D eigenvalue weighted by atomic mass is 32.2. The van der Waals surface area contributed by atoms with Crippen LogP contribution in [0.5, 0.6) is 0 Å². The molecule has 0 fully saturated rings. The van der Waals surface area contributed by atoms with Crippen LogP contribution in [0.3, 0.4) is 0 Å². The fourth-order valence-corrected chi connectivity index (χ4v) is 2.87. The van der Waals surface area contributed by atoms with Gasteiger partial charge in [0.25, 0.3) is 0 Å². The predicted molar refractivity (Wildman–Crippen MR) is 83.8 cm³/mol. The molecule has 1 aromatic rings. The van der Waals surface area contributed by atoms with Crippen LogP contribution < -0.4 is 10.6 Å². The molecule has 0 unspecified atom stereocenters. The minimum atomic E-state index is 0.447. The number of aromatic nitrogens is 1. The van der Waals surface area contributed by atoms with Crippen molar-refractivity contribution in [3.8, 4) is 0 Å². The topological polar surface area (TPSA) is 42.2 Å². The normalized spacial score (nSPS) is 13.4. The van der Waals surface area contributed by atoms with E-state index in [2.05, 4.69) is 24.3 Å². The molecule has 0 aromatic carbocycles. The predicted octanol–water partition coefficient (Wildman–Crippen LogP) is 2.00. The van der Waals surface area contributed by atoms with Gasteiger partial charge in [0.15, 0.2) is 0 Å². The Kier molecular flexibility index (Phi) is 4.45. The molecule has 0 aliphatic heterocycles. The summed E-state index contributed by atoms with van der Waals surface area (Å²) in [6.45, 7) is 0.961. The van der Waals surface area contributed by atoms with Gasteiger partial charge in [0.2, 0.25) is 0 Å². The average Bonchev–Trinajstić information content (AvgIpc) is 2.81. The van der Waals surface area contributed by atoms with Crippen molar-refractivity contribution in [1.29, 1.82) is 0 Å². The van der Waals surface area contributed by atoms with Gasteiger partial charge in [-0.05, 0) is 37.1 Å². The molecule has 0 spiro atoms. The highest BCUT2D eigenvalue weighted by molar-refractivity contribution is 7.98. The Labute approximate surface area is 118 Å². The van der Waals surface area contributed by atoms with Crippen molar-refractivity contribution in [3.05, 3.63) is 22.9 Å². The zero-order chi connectivity index (χ0) is 13.1. The molecule has 0 atom stereocenters. The van der Waals surface area contributed by atoms with Gasteiger partial charge in [0, 0.05) is 25.0 Å². The number of rotatable bonds is 5. The molecule has 5 heteroatoms. The lowest BCUT2D eigenvalue weighted by molar-refractivity contribution is 0.889. The Hall–Kier alpha value is -0.810. The van der Waals surface area contributed by atoms with Gasteiger partial charge in [-0.25, -0.2) is 4.98 Å². The molecule has 98 valence electrons. The molecule has 0 saturated carbocycles. The summed E-state index contributed by atoms with van der Waals surface area (Å²) in [7, 11) is 2.06. The number of hydrogen-bond donors (Lipinski definition) is 1. The molecule has 1 heterocycles. The molecular weight excluding hydrogens is 262 g/mol. The highest BCUT2D eigenvalue weighted by Gasteiger charge is 2.19. The van der Waals surface area contributed by atoms with E-state index in [1.54, 1.807) is 0 Å². The van der Waals surface area contributed by atoms with Gasteiger partial charge in [-0.15, -0.1) is 0 Å². The van der Waals surface area contributed by atoms with Gasteiger partial charge in [-0.3, -0.25) is 0 Å². The molecule has 0 bridgehead atoms. The van der Waals surface area contributed by atoms with Crippen LogP contribution in [-0.2, 0) is 12.8 Å². The van der Waals surface area contributed by atoms with Crippen LogP contribution in [0.1, 0.15) is 23.2 Å². The first-order valence-electron chi connectivity index (χ1n) is 6.16. The summed E-state index contributed by atoms with van der Waals surface area (Å²) in [4.78, 5) is 7.38. The van der Waals surface area contributed by atoms with E-state index in [0.29, 0.717) is 4.99 Å². The Morgan fingerprint density at radius 1 is 1.56 bits per heavy atom. The quantitative estimate of drug-likeness (QED) is 0.836. The lowest BCUT2D eigenvalue weighted by Crippen LogP contribution is -2.26. The number of fused-ring (bicyclic) bond motifs is 1. The van der Waals surface area contributed by atoms with Gasteiger partial charge in [0.05, 0.1) is 5.56 Å². The smallest absolute Gasteiger partial charge is 0.138 e. The Bertz CT molecular complexity index is 460. The highest BCUT2D eigenvalue weighted by Crippen LogP contribution is 2.27. The van der Waals surface area contributed by atoms with E-state index in [9.17, 15) is 0 Å². The third-order valence-corrected chi connectivity index (χ3v) is 4.10. The van der Waals surface area contributed by atoms with E-state index in [-0.39, 0.29) is 0 Å². The van der Waals surface area contributed by atoms with Crippen LogP contribution in [0.4, 0.5) is 5.82 Å². The van der Waals surface area contributed by atoms with Crippen LogP contribution in [0, 0.1) is 0 Å². The molecule has 1 aliphatic rings. The van der Waals surface area contributed by atoms with Gasteiger partial charge >= 0.3 is 0 Å². The Morgan fingerprint density at radius 2 is 2.33 bits per heavy atom. The average molecular weight is 281 g/mol. The van der Waals surface area contributed by atoms with Crippen molar-refractivity contribution in [2.45, 2.75) is 19.3 Å². The summed E-state index contributed by atoms with van der Waals surface area (Å²) in [6, 6.07) is 2.14. The lowest BCUT2D eigenvalue weighted by Gasteiger charge is -2.21. The number of hydrogen-bond acceptors (Lipinski definition) is 4.